The van der Waals surface area contributed by atoms with Crippen molar-refractivity contribution in [1.29, 1.82) is 0 Å². The number of morpholine rings is 1. The quantitative estimate of drug-likeness (QED) is 0.403. The Kier molecular flexibility index (Phi) is 6.97. The lowest BCUT2D eigenvalue weighted by atomic mass is 9.98. The summed E-state index contributed by atoms with van der Waals surface area (Å²) in [7, 11) is 1.42. The number of nitrogens with zero attached hydrogens (tertiary/aromatic N) is 7. The molecule has 12 heteroatoms. The highest BCUT2D eigenvalue weighted by atomic mass is 32.1. The second-order valence-electron chi connectivity index (χ2n) is 9.23. The van der Waals surface area contributed by atoms with Crippen LogP contribution in [0.4, 0.5) is 21.7 Å². The maximum atomic E-state index is 11.7. The van der Waals surface area contributed by atoms with E-state index in [9.17, 15) is 4.79 Å². The van der Waals surface area contributed by atoms with Gasteiger partial charge in [0.2, 0.25) is 11.9 Å². The van der Waals surface area contributed by atoms with Crippen molar-refractivity contribution in [3.63, 3.8) is 0 Å². The monoisotopic (exact) mass is 532 g/mol. The molecule has 2 saturated heterocycles. The van der Waals surface area contributed by atoms with Crippen LogP contribution in [-0.4, -0.2) is 82.4 Å². The van der Waals surface area contributed by atoms with Gasteiger partial charge in [0.15, 0.2) is 0 Å². The van der Waals surface area contributed by atoms with Crippen molar-refractivity contribution in [3.8, 4) is 11.3 Å². The van der Waals surface area contributed by atoms with Gasteiger partial charge in [0.25, 0.3) is 0 Å². The van der Waals surface area contributed by atoms with Gasteiger partial charge in [-0.2, -0.15) is 0 Å². The summed E-state index contributed by atoms with van der Waals surface area (Å²) >= 11 is 1.60. The molecule has 5 heterocycles. The minimum absolute atomic E-state index is 0.265. The number of rotatable bonds is 5. The summed E-state index contributed by atoms with van der Waals surface area (Å²) in [4.78, 5) is 38.7. The largest absolute Gasteiger partial charge is 0.453 e. The van der Waals surface area contributed by atoms with E-state index in [2.05, 4.69) is 31.2 Å². The van der Waals surface area contributed by atoms with Crippen molar-refractivity contribution >= 4 is 45.2 Å². The third-order valence-electron chi connectivity index (χ3n) is 6.85. The van der Waals surface area contributed by atoms with Gasteiger partial charge in [0, 0.05) is 55.4 Å². The summed E-state index contributed by atoms with van der Waals surface area (Å²) < 4.78 is 10.3. The number of methoxy groups -OCH3 is 1. The number of nitrogens with one attached hydrogen (secondary N) is 1. The molecule has 1 N–H and O–H groups in total. The smallest absolute Gasteiger partial charge is 0.409 e. The first kappa shape index (κ1) is 24.4. The number of hydrogen-bond donors (Lipinski definition) is 1. The molecular formula is C26H28N8O3S. The zero-order valence-electron chi connectivity index (χ0n) is 21.0. The summed E-state index contributed by atoms with van der Waals surface area (Å²) in [6.45, 7) is 4.35. The minimum atomic E-state index is -0.265. The Morgan fingerprint density at radius 2 is 1.89 bits per heavy atom. The number of ether oxygens (including phenoxy) is 2. The van der Waals surface area contributed by atoms with E-state index < -0.39 is 0 Å². The van der Waals surface area contributed by atoms with Gasteiger partial charge >= 0.3 is 6.09 Å². The molecule has 0 spiro atoms. The summed E-state index contributed by atoms with van der Waals surface area (Å²) in [6.07, 6.45) is 6.91. The van der Waals surface area contributed by atoms with Crippen LogP contribution in [0.15, 0.2) is 42.9 Å². The van der Waals surface area contributed by atoms with Crippen molar-refractivity contribution in [2.45, 2.75) is 18.8 Å². The van der Waals surface area contributed by atoms with Crippen LogP contribution in [0.3, 0.4) is 0 Å². The Morgan fingerprint density at radius 1 is 1.05 bits per heavy atom. The van der Waals surface area contributed by atoms with Crippen LogP contribution in [0.5, 0.6) is 0 Å². The van der Waals surface area contributed by atoms with E-state index >= 15 is 0 Å². The van der Waals surface area contributed by atoms with E-state index in [-0.39, 0.29) is 6.09 Å². The molecule has 0 radical (unpaired) electrons. The fourth-order valence-corrected chi connectivity index (χ4v) is 5.74. The Balaban J connectivity index is 1.14. The lowest BCUT2D eigenvalue weighted by Crippen LogP contribution is -2.37. The lowest BCUT2D eigenvalue weighted by molar-refractivity contribution is 0.112. The number of carbonyl (C=O) groups excluding carboxylic acids is 1. The predicted octanol–water partition coefficient (Wildman–Crippen LogP) is 4.07. The molecule has 0 bridgehead atoms. The van der Waals surface area contributed by atoms with Crippen molar-refractivity contribution in [2.24, 2.45) is 0 Å². The highest BCUT2D eigenvalue weighted by Gasteiger charge is 2.26. The van der Waals surface area contributed by atoms with Crippen molar-refractivity contribution in [2.75, 3.05) is 56.7 Å². The number of likely N-dealkylation sites (tertiary alicyclic amines) is 1. The Hall–Kier alpha value is -3.90. The fourth-order valence-electron chi connectivity index (χ4n) is 4.76. The molecule has 2 fully saturated rings. The van der Waals surface area contributed by atoms with E-state index in [4.69, 9.17) is 19.4 Å². The van der Waals surface area contributed by atoms with Gasteiger partial charge in [-0.1, -0.05) is 6.07 Å². The molecule has 0 saturated carbocycles. The molecule has 3 aromatic heterocycles. The van der Waals surface area contributed by atoms with Crippen molar-refractivity contribution in [1.82, 2.24) is 29.8 Å². The average Bonchev–Trinajstić information content (AvgIpc) is 3.45. The second kappa shape index (κ2) is 10.8. The van der Waals surface area contributed by atoms with Crippen molar-refractivity contribution in [3.05, 3.63) is 47.9 Å². The second-order valence-corrected chi connectivity index (χ2v) is 10.3. The minimum Gasteiger partial charge on any atom is -0.453 e. The Bertz CT molecular complexity index is 1430. The van der Waals surface area contributed by atoms with Crippen LogP contribution >= 0.6 is 11.3 Å². The molecule has 0 atom stereocenters. The van der Waals surface area contributed by atoms with Crippen LogP contribution < -0.4 is 10.2 Å². The number of aromatic nitrogens is 5. The summed E-state index contributed by atoms with van der Waals surface area (Å²) in [5.74, 6) is 1.57. The molecule has 2 aliphatic heterocycles. The number of thiazole rings is 1. The fraction of sp³-hybridized carbons (Fsp3) is 0.385. The molecule has 0 aliphatic carbocycles. The van der Waals surface area contributed by atoms with E-state index in [0.717, 1.165) is 64.0 Å². The van der Waals surface area contributed by atoms with Crippen LogP contribution in [0, 0.1) is 0 Å². The molecule has 1 amide bonds. The number of hydrogen-bond acceptors (Lipinski definition) is 11. The van der Waals surface area contributed by atoms with Gasteiger partial charge in [0.05, 0.1) is 42.7 Å². The molecule has 196 valence electrons. The number of piperidine rings is 1. The Labute approximate surface area is 223 Å². The van der Waals surface area contributed by atoms with E-state index in [1.54, 1.807) is 22.4 Å². The molecule has 11 nitrogen and oxygen atoms in total. The maximum absolute atomic E-state index is 11.7. The number of fused-ring (bicyclic) bond motifs is 1. The molecule has 0 unspecified atom stereocenters. The molecule has 38 heavy (non-hydrogen) atoms. The van der Waals surface area contributed by atoms with E-state index in [1.807, 2.05) is 30.6 Å². The first-order valence-corrected chi connectivity index (χ1v) is 13.5. The van der Waals surface area contributed by atoms with Crippen LogP contribution in [0.25, 0.3) is 22.2 Å². The van der Waals surface area contributed by atoms with E-state index in [0.29, 0.717) is 38.2 Å². The molecular weight excluding hydrogens is 504 g/mol. The van der Waals surface area contributed by atoms with Gasteiger partial charge in [-0.3, -0.25) is 0 Å². The maximum Gasteiger partial charge on any atom is 0.409 e. The zero-order valence-corrected chi connectivity index (χ0v) is 21.9. The molecule has 2 aliphatic rings. The average molecular weight is 533 g/mol. The SMILES string of the molecule is COC(=O)N1CCC(c2ncc(Nc3nccc(-c4ccc5nc(N6CCOCC6)ncc5c4)n3)s2)CC1. The molecule has 6 rings (SSSR count). The van der Waals surface area contributed by atoms with Crippen LogP contribution in [0.1, 0.15) is 23.8 Å². The van der Waals surface area contributed by atoms with Gasteiger partial charge in [0.1, 0.15) is 5.00 Å². The number of benzene rings is 1. The van der Waals surface area contributed by atoms with Gasteiger partial charge in [-0.05, 0) is 31.0 Å². The Morgan fingerprint density at radius 3 is 2.71 bits per heavy atom. The number of anilines is 3. The number of carbonyl (C=O) groups is 1. The summed E-state index contributed by atoms with van der Waals surface area (Å²) in [5.41, 5.74) is 2.67. The topological polar surface area (TPSA) is 118 Å². The first-order chi connectivity index (χ1) is 18.7. The third kappa shape index (κ3) is 5.22. The predicted molar refractivity (Wildman–Crippen MR) is 145 cm³/mol. The zero-order chi connectivity index (χ0) is 25.9. The molecule has 1 aromatic carbocycles. The third-order valence-corrected chi connectivity index (χ3v) is 7.92. The summed E-state index contributed by atoms with van der Waals surface area (Å²) in [6, 6.07) is 7.97. The first-order valence-electron chi connectivity index (χ1n) is 12.6. The highest BCUT2D eigenvalue weighted by Crippen LogP contribution is 2.34. The summed E-state index contributed by atoms with van der Waals surface area (Å²) in [5, 5.41) is 6.20. The van der Waals surface area contributed by atoms with Crippen LogP contribution in [-0.2, 0) is 9.47 Å². The van der Waals surface area contributed by atoms with Crippen molar-refractivity contribution < 1.29 is 14.3 Å². The molecule has 4 aromatic rings. The van der Waals surface area contributed by atoms with Crippen LogP contribution in [0.2, 0.25) is 0 Å². The normalized spacial score (nSPS) is 16.6. The number of amides is 1. The van der Waals surface area contributed by atoms with Gasteiger partial charge < -0.3 is 24.6 Å². The van der Waals surface area contributed by atoms with Gasteiger partial charge in [-0.25, -0.2) is 29.7 Å². The van der Waals surface area contributed by atoms with Gasteiger partial charge in [-0.15, -0.1) is 11.3 Å². The highest BCUT2D eigenvalue weighted by molar-refractivity contribution is 7.15. The standard InChI is InChI=1S/C26H28N8O3S/c1-36-26(35)34-8-5-17(6-9-34)23-28-16-22(38-23)32-24-27-7-4-21(30-24)18-2-3-20-19(14-18)15-29-25(31-20)33-10-12-37-13-11-33/h2-4,7,14-17H,5-6,8-13H2,1H3,(H,27,30,32). The lowest BCUT2D eigenvalue weighted by Gasteiger charge is -2.29. The van der Waals surface area contributed by atoms with E-state index in [1.165, 1.54) is 7.11 Å².